The highest BCUT2D eigenvalue weighted by molar-refractivity contribution is 9.10. The summed E-state index contributed by atoms with van der Waals surface area (Å²) < 4.78 is 6.97. The largest absolute Gasteiger partial charge is 0.483 e. The SMILES string of the molecule is Cc1cc(C)c(C)c(OCC(=O)N(Cc2cccc(Br)c2)C(Cc2ccccc2)C(=O)NC(C)(C)C)c1. The van der Waals surface area contributed by atoms with E-state index in [2.05, 4.69) is 27.3 Å². The van der Waals surface area contributed by atoms with Gasteiger partial charge in [0.15, 0.2) is 6.61 Å². The van der Waals surface area contributed by atoms with Crippen LogP contribution in [0.1, 0.15) is 48.6 Å². The molecule has 0 heterocycles. The van der Waals surface area contributed by atoms with E-state index in [9.17, 15) is 9.59 Å². The zero-order valence-electron chi connectivity index (χ0n) is 22.6. The lowest BCUT2D eigenvalue weighted by Gasteiger charge is -2.34. The number of nitrogens with one attached hydrogen (secondary N) is 1. The normalized spacial score (nSPS) is 12.1. The van der Waals surface area contributed by atoms with Gasteiger partial charge in [-0.15, -0.1) is 0 Å². The predicted molar refractivity (Wildman–Crippen MR) is 153 cm³/mol. The maximum atomic E-state index is 13.8. The minimum atomic E-state index is -0.711. The van der Waals surface area contributed by atoms with E-state index < -0.39 is 11.6 Å². The third-order valence-corrected chi connectivity index (χ3v) is 6.62. The smallest absolute Gasteiger partial charge is 0.261 e. The van der Waals surface area contributed by atoms with Gasteiger partial charge in [-0.25, -0.2) is 0 Å². The van der Waals surface area contributed by atoms with Crippen LogP contribution in [0.25, 0.3) is 0 Å². The summed E-state index contributed by atoms with van der Waals surface area (Å²) in [4.78, 5) is 29.1. The Morgan fingerprint density at radius 1 is 0.946 bits per heavy atom. The number of halogens is 1. The highest BCUT2D eigenvalue weighted by Crippen LogP contribution is 2.24. The maximum absolute atomic E-state index is 13.8. The van der Waals surface area contributed by atoms with Crippen molar-refractivity contribution in [1.82, 2.24) is 10.2 Å². The fourth-order valence-corrected chi connectivity index (χ4v) is 4.66. The molecule has 1 unspecified atom stereocenters. The molecule has 6 heteroatoms. The number of benzene rings is 3. The molecule has 0 radical (unpaired) electrons. The van der Waals surface area contributed by atoms with Gasteiger partial charge in [0.05, 0.1) is 0 Å². The van der Waals surface area contributed by atoms with Gasteiger partial charge in [0.25, 0.3) is 5.91 Å². The van der Waals surface area contributed by atoms with Crippen LogP contribution in [-0.2, 0) is 22.6 Å². The summed E-state index contributed by atoms with van der Waals surface area (Å²) in [6, 6.07) is 20.9. The second kappa shape index (κ2) is 12.4. The molecule has 0 aliphatic heterocycles. The molecule has 1 atom stereocenters. The van der Waals surface area contributed by atoms with Gasteiger partial charge in [0.2, 0.25) is 5.91 Å². The Bertz CT molecular complexity index is 1230. The molecule has 0 aliphatic rings. The molecular weight excluding hydrogens is 528 g/mol. The third kappa shape index (κ3) is 8.46. The van der Waals surface area contributed by atoms with Gasteiger partial charge >= 0.3 is 0 Å². The van der Waals surface area contributed by atoms with Crippen molar-refractivity contribution in [1.29, 1.82) is 0 Å². The van der Waals surface area contributed by atoms with E-state index in [1.165, 1.54) is 0 Å². The molecular formula is C31H37BrN2O3. The highest BCUT2D eigenvalue weighted by atomic mass is 79.9. The van der Waals surface area contributed by atoms with Crippen molar-refractivity contribution >= 4 is 27.7 Å². The number of hydrogen-bond acceptors (Lipinski definition) is 3. The molecule has 0 aromatic heterocycles. The summed E-state index contributed by atoms with van der Waals surface area (Å²) in [5, 5.41) is 3.09. The van der Waals surface area contributed by atoms with Crippen LogP contribution in [-0.4, -0.2) is 34.9 Å². The number of nitrogens with zero attached hydrogens (tertiary/aromatic N) is 1. The van der Waals surface area contributed by atoms with E-state index >= 15 is 0 Å². The molecule has 0 fully saturated rings. The number of ether oxygens (including phenoxy) is 1. The first-order valence-electron chi connectivity index (χ1n) is 12.5. The number of carbonyl (C=O) groups is 2. The molecule has 1 N–H and O–H groups in total. The molecule has 37 heavy (non-hydrogen) atoms. The van der Waals surface area contributed by atoms with Crippen LogP contribution < -0.4 is 10.1 Å². The zero-order valence-corrected chi connectivity index (χ0v) is 24.2. The molecule has 0 saturated carbocycles. The molecule has 0 aliphatic carbocycles. The monoisotopic (exact) mass is 564 g/mol. The summed E-state index contributed by atoms with van der Waals surface area (Å²) in [6.45, 7) is 12.0. The Labute approximate surface area is 229 Å². The van der Waals surface area contributed by atoms with Crippen molar-refractivity contribution in [3.8, 4) is 5.75 Å². The number of hydrogen-bond donors (Lipinski definition) is 1. The fraction of sp³-hybridized carbons (Fsp3) is 0.355. The zero-order chi connectivity index (χ0) is 27.2. The highest BCUT2D eigenvalue weighted by Gasteiger charge is 2.32. The molecule has 0 bridgehead atoms. The van der Waals surface area contributed by atoms with E-state index in [0.29, 0.717) is 12.2 Å². The molecule has 196 valence electrons. The fourth-order valence-electron chi connectivity index (χ4n) is 4.21. The third-order valence-electron chi connectivity index (χ3n) is 6.13. The van der Waals surface area contributed by atoms with Crippen molar-refractivity contribution in [2.75, 3.05) is 6.61 Å². The first kappa shape index (κ1) is 28.5. The van der Waals surface area contributed by atoms with E-state index in [1.807, 2.05) is 102 Å². The maximum Gasteiger partial charge on any atom is 0.261 e. The van der Waals surface area contributed by atoms with Crippen LogP contribution in [0.3, 0.4) is 0 Å². The Balaban J connectivity index is 1.96. The first-order chi connectivity index (χ1) is 17.4. The lowest BCUT2D eigenvalue weighted by molar-refractivity contribution is -0.143. The molecule has 2 amide bonds. The standard InChI is InChI=1S/C31H37BrN2O3/c1-21-15-22(2)23(3)28(16-21)37-20-29(35)34(19-25-13-10-14-26(32)17-25)27(30(36)33-31(4,5)6)18-24-11-8-7-9-12-24/h7-17,27H,18-20H2,1-6H3,(H,33,36). The van der Waals surface area contributed by atoms with Crippen LogP contribution in [0, 0.1) is 20.8 Å². The summed E-state index contributed by atoms with van der Waals surface area (Å²) in [7, 11) is 0. The topological polar surface area (TPSA) is 58.6 Å². The quantitative estimate of drug-likeness (QED) is 0.331. The van der Waals surface area contributed by atoms with Crippen molar-refractivity contribution < 1.29 is 14.3 Å². The first-order valence-corrected chi connectivity index (χ1v) is 13.3. The van der Waals surface area contributed by atoms with Crippen LogP contribution in [0.5, 0.6) is 5.75 Å². The van der Waals surface area contributed by atoms with Gasteiger partial charge in [-0.05, 0) is 87.6 Å². The molecule has 5 nitrogen and oxygen atoms in total. The Morgan fingerprint density at radius 2 is 1.62 bits per heavy atom. The van der Waals surface area contributed by atoms with Crippen LogP contribution in [0.2, 0.25) is 0 Å². The Morgan fingerprint density at radius 3 is 2.27 bits per heavy atom. The molecule has 3 aromatic rings. The average molecular weight is 566 g/mol. The number of rotatable bonds is 9. The van der Waals surface area contributed by atoms with Crippen molar-refractivity contribution in [3.05, 3.63) is 99.0 Å². The minimum absolute atomic E-state index is 0.161. The van der Waals surface area contributed by atoms with E-state index in [0.717, 1.165) is 32.3 Å². The van der Waals surface area contributed by atoms with E-state index in [4.69, 9.17) is 4.74 Å². The molecule has 3 aromatic carbocycles. The van der Waals surface area contributed by atoms with Gasteiger partial charge in [0.1, 0.15) is 11.8 Å². The van der Waals surface area contributed by atoms with Crippen LogP contribution in [0.4, 0.5) is 0 Å². The molecule has 3 rings (SSSR count). The summed E-state index contributed by atoms with van der Waals surface area (Å²) >= 11 is 3.52. The van der Waals surface area contributed by atoms with Gasteiger partial charge in [-0.1, -0.05) is 64.5 Å². The van der Waals surface area contributed by atoms with E-state index in [-0.39, 0.29) is 25.0 Å². The Hall–Kier alpha value is -3.12. The second-order valence-corrected chi connectivity index (χ2v) is 11.5. The van der Waals surface area contributed by atoms with Crippen molar-refractivity contribution in [2.24, 2.45) is 0 Å². The molecule has 0 saturated heterocycles. The summed E-state index contributed by atoms with van der Waals surface area (Å²) in [5.74, 6) is 0.248. The van der Waals surface area contributed by atoms with Gasteiger partial charge in [-0.3, -0.25) is 9.59 Å². The molecule has 0 spiro atoms. The number of carbonyl (C=O) groups excluding carboxylic acids is 2. The summed E-state index contributed by atoms with van der Waals surface area (Å²) in [6.07, 6.45) is 0.394. The number of amides is 2. The van der Waals surface area contributed by atoms with Crippen molar-refractivity contribution in [2.45, 2.75) is 66.1 Å². The average Bonchev–Trinajstić information content (AvgIpc) is 2.82. The van der Waals surface area contributed by atoms with Crippen LogP contribution in [0.15, 0.2) is 71.2 Å². The second-order valence-electron chi connectivity index (χ2n) is 10.6. The lowest BCUT2D eigenvalue weighted by atomic mass is 10.0. The predicted octanol–water partition coefficient (Wildman–Crippen LogP) is 6.31. The summed E-state index contributed by atoms with van der Waals surface area (Å²) in [5.41, 5.74) is 4.65. The van der Waals surface area contributed by atoms with Gasteiger partial charge in [-0.2, -0.15) is 0 Å². The van der Waals surface area contributed by atoms with Gasteiger partial charge in [0, 0.05) is 23.0 Å². The van der Waals surface area contributed by atoms with Crippen molar-refractivity contribution in [3.63, 3.8) is 0 Å². The minimum Gasteiger partial charge on any atom is -0.483 e. The lowest BCUT2D eigenvalue weighted by Crippen LogP contribution is -2.55. The van der Waals surface area contributed by atoms with Crippen LogP contribution >= 0.6 is 15.9 Å². The number of aryl methyl sites for hydroxylation is 2. The van der Waals surface area contributed by atoms with Gasteiger partial charge < -0.3 is 15.0 Å². The Kier molecular flexibility index (Phi) is 9.55. The van der Waals surface area contributed by atoms with E-state index in [1.54, 1.807) is 4.90 Å².